The molecule has 1 rings (SSSR count). The third kappa shape index (κ3) is 6.79. The topological polar surface area (TPSA) is 71.9 Å². The standard InChI is InChI=1S/C16H25BrN2O3/c1-4-7-22-16-14(17)8-13(9-15(16)21-3)11-19-6-5-18-10-12(2)20/h4,8-9,12,18-20H,1,5-7,10-11H2,2-3H3/p+2/t12-/m1/s1. The van der Waals surface area contributed by atoms with Crippen LogP contribution in [0.3, 0.4) is 0 Å². The summed E-state index contributed by atoms with van der Waals surface area (Å²) < 4.78 is 11.9. The highest BCUT2D eigenvalue weighted by Crippen LogP contribution is 2.36. The van der Waals surface area contributed by atoms with Gasteiger partial charge >= 0.3 is 0 Å². The fraction of sp³-hybridized carbons (Fsp3) is 0.500. The predicted molar refractivity (Wildman–Crippen MR) is 90.2 cm³/mol. The molecule has 1 aromatic rings. The number of aliphatic hydroxyl groups is 1. The van der Waals surface area contributed by atoms with Gasteiger partial charge in [0.15, 0.2) is 11.5 Å². The van der Waals surface area contributed by atoms with E-state index < -0.39 is 0 Å². The van der Waals surface area contributed by atoms with Gasteiger partial charge in [-0.2, -0.15) is 0 Å². The Kier molecular flexibility index (Phi) is 9.15. The van der Waals surface area contributed by atoms with Crippen molar-refractivity contribution in [2.45, 2.75) is 19.6 Å². The molecule has 6 heteroatoms. The lowest BCUT2D eigenvalue weighted by Gasteiger charge is -2.13. The summed E-state index contributed by atoms with van der Waals surface area (Å²) in [6.07, 6.45) is 1.46. The molecule has 0 saturated carbocycles. The largest absolute Gasteiger partial charge is 0.493 e. The van der Waals surface area contributed by atoms with Crippen molar-refractivity contribution < 1.29 is 25.2 Å². The van der Waals surface area contributed by atoms with Crippen LogP contribution >= 0.6 is 15.9 Å². The van der Waals surface area contributed by atoms with Gasteiger partial charge in [-0.05, 0) is 35.0 Å². The molecule has 0 aliphatic heterocycles. The molecule has 0 amide bonds. The summed E-state index contributed by atoms with van der Waals surface area (Å²) in [5.74, 6) is 1.43. The molecule has 1 aromatic carbocycles. The van der Waals surface area contributed by atoms with Crippen LogP contribution in [0.1, 0.15) is 12.5 Å². The second kappa shape index (κ2) is 10.6. The molecule has 0 aliphatic carbocycles. The molecule has 124 valence electrons. The third-order valence-electron chi connectivity index (χ3n) is 3.10. The van der Waals surface area contributed by atoms with Crippen molar-refractivity contribution in [2.24, 2.45) is 0 Å². The lowest BCUT2D eigenvalue weighted by molar-refractivity contribution is -0.733. The van der Waals surface area contributed by atoms with Crippen molar-refractivity contribution in [1.82, 2.24) is 0 Å². The van der Waals surface area contributed by atoms with E-state index in [4.69, 9.17) is 9.47 Å². The molecule has 0 saturated heterocycles. The van der Waals surface area contributed by atoms with Gasteiger partial charge in [0, 0.05) is 5.56 Å². The summed E-state index contributed by atoms with van der Waals surface area (Å²) in [6, 6.07) is 4.05. The van der Waals surface area contributed by atoms with E-state index in [0.29, 0.717) is 12.4 Å². The molecule has 5 N–H and O–H groups in total. The molecule has 0 heterocycles. The summed E-state index contributed by atoms with van der Waals surface area (Å²) in [7, 11) is 1.64. The maximum absolute atomic E-state index is 9.18. The van der Waals surface area contributed by atoms with Crippen LogP contribution in [0, 0.1) is 0 Å². The Morgan fingerprint density at radius 1 is 1.36 bits per heavy atom. The second-order valence-electron chi connectivity index (χ2n) is 5.15. The van der Waals surface area contributed by atoms with Gasteiger partial charge < -0.3 is 25.2 Å². The molecule has 5 nitrogen and oxygen atoms in total. The highest BCUT2D eigenvalue weighted by atomic mass is 79.9. The zero-order valence-corrected chi connectivity index (χ0v) is 14.9. The first-order chi connectivity index (χ1) is 10.6. The number of methoxy groups -OCH3 is 1. The van der Waals surface area contributed by atoms with Gasteiger partial charge in [-0.3, -0.25) is 0 Å². The smallest absolute Gasteiger partial charge is 0.175 e. The number of ether oxygens (including phenoxy) is 2. The van der Waals surface area contributed by atoms with Crippen molar-refractivity contribution in [3.8, 4) is 11.5 Å². The van der Waals surface area contributed by atoms with Crippen LogP contribution < -0.4 is 20.1 Å². The number of rotatable bonds is 11. The highest BCUT2D eigenvalue weighted by Gasteiger charge is 2.12. The van der Waals surface area contributed by atoms with Crippen LogP contribution in [-0.4, -0.2) is 44.6 Å². The lowest BCUT2D eigenvalue weighted by Crippen LogP contribution is -2.95. The first-order valence-corrected chi connectivity index (χ1v) is 8.29. The fourth-order valence-electron chi connectivity index (χ4n) is 2.04. The van der Waals surface area contributed by atoms with Gasteiger partial charge in [0.1, 0.15) is 32.8 Å². The van der Waals surface area contributed by atoms with Gasteiger partial charge in [-0.25, -0.2) is 0 Å². The highest BCUT2D eigenvalue weighted by molar-refractivity contribution is 9.10. The Morgan fingerprint density at radius 3 is 2.73 bits per heavy atom. The average Bonchev–Trinajstić information content (AvgIpc) is 2.48. The third-order valence-corrected chi connectivity index (χ3v) is 3.69. The second-order valence-corrected chi connectivity index (χ2v) is 6.01. The summed E-state index contributed by atoms with van der Waals surface area (Å²) in [6.45, 7) is 9.52. The quantitative estimate of drug-likeness (QED) is 0.378. The molecular weight excluding hydrogens is 348 g/mol. The monoisotopic (exact) mass is 374 g/mol. The minimum atomic E-state index is -0.247. The SMILES string of the molecule is C=CCOc1c(Br)cc(C[NH2+]CC[NH2+]C[C@@H](C)O)cc1OC. The molecule has 0 unspecified atom stereocenters. The number of hydrogen-bond acceptors (Lipinski definition) is 3. The molecule has 0 fully saturated rings. The van der Waals surface area contributed by atoms with Gasteiger partial charge in [0.25, 0.3) is 0 Å². The van der Waals surface area contributed by atoms with Crippen molar-refractivity contribution in [1.29, 1.82) is 0 Å². The van der Waals surface area contributed by atoms with E-state index in [1.807, 2.05) is 6.07 Å². The normalized spacial score (nSPS) is 12.0. The van der Waals surface area contributed by atoms with Crippen molar-refractivity contribution in [3.05, 3.63) is 34.8 Å². The number of benzene rings is 1. The van der Waals surface area contributed by atoms with E-state index in [2.05, 4.69) is 39.2 Å². The van der Waals surface area contributed by atoms with E-state index in [1.165, 1.54) is 5.56 Å². The predicted octanol–water partition coefficient (Wildman–Crippen LogP) is 0.0301. The van der Waals surface area contributed by atoms with Crippen LogP contribution in [0.25, 0.3) is 0 Å². The van der Waals surface area contributed by atoms with Crippen LogP contribution in [0.4, 0.5) is 0 Å². The van der Waals surface area contributed by atoms with Gasteiger partial charge in [0.2, 0.25) is 0 Å². The first-order valence-electron chi connectivity index (χ1n) is 7.50. The molecule has 0 bridgehead atoms. The van der Waals surface area contributed by atoms with E-state index in [-0.39, 0.29) is 6.10 Å². The van der Waals surface area contributed by atoms with E-state index >= 15 is 0 Å². The average molecular weight is 375 g/mol. The van der Waals surface area contributed by atoms with Gasteiger partial charge in [-0.1, -0.05) is 12.7 Å². The molecule has 1 atom stereocenters. The minimum Gasteiger partial charge on any atom is -0.493 e. The van der Waals surface area contributed by atoms with Crippen LogP contribution in [0.15, 0.2) is 29.3 Å². The molecule has 0 aromatic heterocycles. The fourth-order valence-corrected chi connectivity index (χ4v) is 2.64. The Balaban J connectivity index is 2.50. The first kappa shape index (κ1) is 19.0. The number of nitrogens with two attached hydrogens (primary N) is 2. The molecule has 0 spiro atoms. The number of hydrogen-bond donors (Lipinski definition) is 3. The Hall–Kier alpha value is -1.08. The summed E-state index contributed by atoms with van der Waals surface area (Å²) >= 11 is 3.53. The zero-order valence-electron chi connectivity index (χ0n) is 13.3. The van der Waals surface area contributed by atoms with Gasteiger partial charge in [0.05, 0.1) is 17.7 Å². The number of halogens is 1. The van der Waals surface area contributed by atoms with Crippen LogP contribution in [0.5, 0.6) is 11.5 Å². The van der Waals surface area contributed by atoms with Gasteiger partial charge in [-0.15, -0.1) is 0 Å². The maximum atomic E-state index is 9.18. The van der Waals surface area contributed by atoms with E-state index in [9.17, 15) is 5.11 Å². The van der Waals surface area contributed by atoms with E-state index in [0.717, 1.165) is 36.4 Å². The maximum Gasteiger partial charge on any atom is 0.175 e. The lowest BCUT2D eigenvalue weighted by atomic mass is 10.2. The van der Waals surface area contributed by atoms with Crippen molar-refractivity contribution in [2.75, 3.05) is 33.4 Å². The Labute approximate surface area is 140 Å². The van der Waals surface area contributed by atoms with E-state index in [1.54, 1.807) is 20.1 Å². The molecule has 0 aliphatic rings. The zero-order chi connectivity index (χ0) is 16.4. The van der Waals surface area contributed by atoms with Crippen molar-refractivity contribution >= 4 is 15.9 Å². The summed E-state index contributed by atoms with van der Waals surface area (Å²) in [5.41, 5.74) is 1.17. The molecule has 22 heavy (non-hydrogen) atoms. The summed E-state index contributed by atoms with van der Waals surface area (Å²) in [5, 5.41) is 13.6. The van der Waals surface area contributed by atoms with Crippen LogP contribution in [0.2, 0.25) is 0 Å². The van der Waals surface area contributed by atoms with Crippen LogP contribution in [-0.2, 0) is 6.54 Å². The minimum absolute atomic E-state index is 0.247. The summed E-state index contributed by atoms with van der Waals surface area (Å²) in [4.78, 5) is 0. The Morgan fingerprint density at radius 2 is 2.09 bits per heavy atom. The number of quaternary nitrogens is 2. The van der Waals surface area contributed by atoms with Crippen molar-refractivity contribution in [3.63, 3.8) is 0 Å². The molecule has 0 radical (unpaired) electrons. The number of aliphatic hydroxyl groups excluding tert-OH is 1. The Bertz CT molecular complexity index is 467. The molecular formula is C16H27BrN2O3+2.